The number of benzene rings is 1. The van der Waals surface area contributed by atoms with Crippen LogP contribution in [0.5, 0.6) is 5.75 Å². The molecule has 0 aliphatic carbocycles. The Morgan fingerprint density at radius 1 is 1.23 bits per heavy atom. The number of para-hydroxylation sites is 2. The first-order valence-corrected chi connectivity index (χ1v) is 10.8. The van der Waals surface area contributed by atoms with Gasteiger partial charge in [0, 0.05) is 32.4 Å². The third kappa shape index (κ3) is 3.98. The number of nitrogens with zero attached hydrogens (tertiary/aromatic N) is 3. The van der Waals surface area contributed by atoms with Crippen molar-refractivity contribution in [2.24, 2.45) is 0 Å². The summed E-state index contributed by atoms with van der Waals surface area (Å²) in [6, 6.07) is 9.30. The first-order chi connectivity index (χ1) is 12.4. The molecule has 1 aliphatic heterocycles. The second-order valence-electron chi connectivity index (χ2n) is 5.74. The van der Waals surface area contributed by atoms with Gasteiger partial charge in [0.2, 0.25) is 10.0 Å². The minimum atomic E-state index is -3.60. The largest absolute Gasteiger partial charge is 0.492 e. The van der Waals surface area contributed by atoms with E-state index in [4.69, 9.17) is 16.3 Å². The van der Waals surface area contributed by atoms with Crippen molar-refractivity contribution < 1.29 is 13.2 Å². The van der Waals surface area contributed by atoms with E-state index in [9.17, 15) is 8.42 Å². The van der Waals surface area contributed by atoms with Crippen LogP contribution in [0.15, 0.2) is 45.9 Å². The predicted octanol–water partition coefficient (Wildman–Crippen LogP) is 3.41. The van der Waals surface area contributed by atoms with Crippen LogP contribution in [0.25, 0.3) is 0 Å². The number of anilines is 1. The highest BCUT2D eigenvalue weighted by molar-refractivity contribution is 9.10. The van der Waals surface area contributed by atoms with Gasteiger partial charge in [-0.3, -0.25) is 0 Å². The first-order valence-electron chi connectivity index (χ1n) is 8.21. The summed E-state index contributed by atoms with van der Waals surface area (Å²) < 4.78 is 33.3. The smallest absolute Gasteiger partial charge is 0.244 e. The third-order valence-corrected chi connectivity index (χ3v) is 7.15. The fourth-order valence-electron chi connectivity index (χ4n) is 2.86. The highest BCUT2D eigenvalue weighted by atomic mass is 79.9. The quantitative estimate of drug-likeness (QED) is 0.640. The summed E-state index contributed by atoms with van der Waals surface area (Å²) in [7, 11) is -3.60. The maximum Gasteiger partial charge on any atom is 0.244 e. The summed E-state index contributed by atoms with van der Waals surface area (Å²) in [6.45, 7) is 4.49. The molecule has 140 valence electrons. The van der Waals surface area contributed by atoms with Crippen LogP contribution < -0.4 is 9.64 Å². The van der Waals surface area contributed by atoms with Gasteiger partial charge in [0.1, 0.15) is 15.8 Å². The lowest BCUT2D eigenvalue weighted by Crippen LogP contribution is -2.48. The van der Waals surface area contributed by atoms with Crippen molar-refractivity contribution in [2.45, 2.75) is 11.8 Å². The normalized spacial score (nSPS) is 15.9. The predicted molar refractivity (Wildman–Crippen MR) is 106 cm³/mol. The van der Waals surface area contributed by atoms with E-state index in [0.717, 1.165) is 11.4 Å². The number of halogens is 2. The van der Waals surface area contributed by atoms with Crippen molar-refractivity contribution >= 4 is 43.2 Å². The van der Waals surface area contributed by atoms with E-state index in [1.54, 1.807) is 0 Å². The molecule has 9 heteroatoms. The van der Waals surface area contributed by atoms with Crippen molar-refractivity contribution in [3.8, 4) is 5.75 Å². The number of hydrogen-bond acceptors (Lipinski definition) is 5. The number of hydrogen-bond donors (Lipinski definition) is 0. The standard InChI is InChI=1S/C17H19BrClN3O3S/c1-2-25-16-6-4-3-5-15(16)21-7-9-22(10-8-21)26(23,24)13-11-14(18)17(19)20-12-13/h3-6,11-12H,2,7-10H2,1H3. The molecule has 6 nitrogen and oxygen atoms in total. The van der Waals surface area contributed by atoms with Crippen molar-refractivity contribution in [3.63, 3.8) is 0 Å². The van der Waals surface area contributed by atoms with E-state index in [-0.39, 0.29) is 10.0 Å². The monoisotopic (exact) mass is 459 g/mol. The van der Waals surface area contributed by atoms with Gasteiger partial charge in [-0.25, -0.2) is 13.4 Å². The van der Waals surface area contributed by atoms with Gasteiger partial charge in [-0.2, -0.15) is 4.31 Å². The molecule has 0 unspecified atom stereocenters. The number of pyridine rings is 1. The van der Waals surface area contributed by atoms with Crippen molar-refractivity contribution in [3.05, 3.63) is 46.2 Å². The van der Waals surface area contributed by atoms with E-state index >= 15 is 0 Å². The summed E-state index contributed by atoms with van der Waals surface area (Å²) in [6.07, 6.45) is 1.29. The van der Waals surface area contributed by atoms with Crippen molar-refractivity contribution in [1.29, 1.82) is 0 Å². The number of ether oxygens (including phenoxy) is 1. The topological polar surface area (TPSA) is 62.7 Å². The number of piperazine rings is 1. The van der Waals surface area contributed by atoms with Crippen LogP contribution in [-0.4, -0.2) is 50.5 Å². The van der Waals surface area contributed by atoms with Crippen LogP contribution in [0.2, 0.25) is 5.15 Å². The van der Waals surface area contributed by atoms with Gasteiger partial charge in [0.15, 0.2) is 0 Å². The average molecular weight is 461 g/mol. The van der Waals surface area contributed by atoms with Gasteiger partial charge >= 0.3 is 0 Å². The molecule has 26 heavy (non-hydrogen) atoms. The van der Waals surface area contributed by atoms with E-state index < -0.39 is 10.0 Å². The Kier molecular flexibility index (Phi) is 6.06. The van der Waals surface area contributed by atoms with E-state index in [1.807, 2.05) is 31.2 Å². The second kappa shape index (κ2) is 8.12. The maximum atomic E-state index is 12.8. The zero-order valence-corrected chi connectivity index (χ0v) is 17.4. The molecule has 1 aromatic carbocycles. The SMILES string of the molecule is CCOc1ccccc1N1CCN(S(=O)(=O)c2cnc(Cl)c(Br)c2)CC1. The zero-order chi connectivity index (χ0) is 18.7. The molecule has 0 spiro atoms. The fraction of sp³-hybridized carbons (Fsp3) is 0.353. The molecule has 2 heterocycles. The lowest BCUT2D eigenvalue weighted by atomic mass is 10.2. The van der Waals surface area contributed by atoms with E-state index in [2.05, 4.69) is 25.8 Å². The lowest BCUT2D eigenvalue weighted by Gasteiger charge is -2.36. The second-order valence-corrected chi connectivity index (χ2v) is 8.89. The van der Waals surface area contributed by atoms with E-state index in [1.165, 1.54) is 16.6 Å². The Morgan fingerprint density at radius 3 is 2.58 bits per heavy atom. The Labute approximate surface area is 166 Å². The van der Waals surface area contributed by atoms with Crippen LogP contribution in [0, 0.1) is 0 Å². The molecule has 1 aromatic heterocycles. The van der Waals surface area contributed by atoms with Gasteiger partial charge in [-0.05, 0) is 41.1 Å². The summed E-state index contributed by atoms with van der Waals surface area (Å²) >= 11 is 9.08. The Hall–Kier alpha value is -1.35. The molecule has 0 bridgehead atoms. The molecule has 3 rings (SSSR count). The van der Waals surface area contributed by atoms with Gasteiger partial charge in [-0.15, -0.1) is 0 Å². The highest BCUT2D eigenvalue weighted by Gasteiger charge is 2.30. The molecule has 0 atom stereocenters. The summed E-state index contributed by atoms with van der Waals surface area (Å²) in [4.78, 5) is 6.20. The molecule has 0 amide bonds. The molecule has 0 N–H and O–H groups in total. The van der Waals surface area contributed by atoms with Gasteiger partial charge in [-0.1, -0.05) is 23.7 Å². The highest BCUT2D eigenvalue weighted by Crippen LogP contribution is 2.30. The molecule has 1 saturated heterocycles. The third-order valence-electron chi connectivity index (χ3n) is 4.15. The van der Waals surface area contributed by atoms with Crippen LogP contribution in [0.4, 0.5) is 5.69 Å². The molecule has 1 fully saturated rings. The summed E-state index contributed by atoms with van der Waals surface area (Å²) in [5.41, 5.74) is 0.988. The number of aromatic nitrogens is 1. The van der Waals surface area contributed by atoms with Crippen LogP contribution >= 0.6 is 27.5 Å². The molecular weight excluding hydrogens is 442 g/mol. The van der Waals surface area contributed by atoms with Gasteiger partial charge < -0.3 is 9.64 Å². The molecule has 1 aliphatic rings. The minimum Gasteiger partial charge on any atom is -0.492 e. The summed E-state index contributed by atoms with van der Waals surface area (Å²) in [5.74, 6) is 0.817. The van der Waals surface area contributed by atoms with Crippen molar-refractivity contribution in [2.75, 3.05) is 37.7 Å². The zero-order valence-electron chi connectivity index (χ0n) is 14.2. The Bertz CT molecular complexity index is 887. The lowest BCUT2D eigenvalue weighted by molar-refractivity contribution is 0.337. The molecule has 0 saturated carbocycles. The summed E-state index contributed by atoms with van der Waals surface area (Å²) in [5, 5.41) is 0.237. The average Bonchev–Trinajstić information content (AvgIpc) is 2.65. The number of rotatable bonds is 5. The van der Waals surface area contributed by atoms with Crippen molar-refractivity contribution in [1.82, 2.24) is 9.29 Å². The minimum absolute atomic E-state index is 0.136. The Balaban J connectivity index is 1.75. The van der Waals surface area contributed by atoms with Crippen LogP contribution in [0.1, 0.15) is 6.92 Å². The van der Waals surface area contributed by atoms with Crippen LogP contribution in [-0.2, 0) is 10.0 Å². The Morgan fingerprint density at radius 2 is 1.92 bits per heavy atom. The molecule has 0 radical (unpaired) electrons. The fourth-order valence-corrected chi connectivity index (χ4v) is 4.86. The van der Waals surface area contributed by atoms with Crippen LogP contribution in [0.3, 0.4) is 0 Å². The number of sulfonamides is 1. The molecular formula is C17H19BrClN3O3S. The van der Waals surface area contributed by atoms with Gasteiger partial charge in [0.25, 0.3) is 0 Å². The molecule has 2 aromatic rings. The first kappa shape index (κ1) is 19.4. The van der Waals surface area contributed by atoms with E-state index in [0.29, 0.717) is 37.3 Å². The maximum absolute atomic E-state index is 12.8. The van der Waals surface area contributed by atoms with Gasteiger partial charge in [0.05, 0.1) is 16.8 Å².